The molecule has 1 aliphatic heterocycles. The predicted molar refractivity (Wildman–Crippen MR) is 81.0 cm³/mol. The van der Waals surface area contributed by atoms with Crippen LogP contribution in [-0.2, 0) is 4.79 Å². The van der Waals surface area contributed by atoms with Gasteiger partial charge in [0, 0.05) is 31.1 Å². The molecular formula is C17H22N2O2. The molecule has 1 atom stereocenters. The first-order valence-electron chi connectivity index (χ1n) is 7.77. The maximum Gasteiger partial charge on any atom is 0.253 e. The van der Waals surface area contributed by atoms with E-state index in [0.717, 1.165) is 36.9 Å². The SMILES string of the molecule is Cc1cccc(C(=O)N2CCC(CC(=O)NC3CC3)C2)c1. The summed E-state index contributed by atoms with van der Waals surface area (Å²) in [5.74, 6) is 0.536. The van der Waals surface area contributed by atoms with Crippen LogP contribution in [0.1, 0.15) is 41.6 Å². The maximum absolute atomic E-state index is 12.4. The largest absolute Gasteiger partial charge is 0.353 e. The minimum absolute atomic E-state index is 0.0869. The third kappa shape index (κ3) is 3.63. The number of amides is 2. The van der Waals surface area contributed by atoms with Crippen LogP contribution in [0.15, 0.2) is 24.3 Å². The van der Waals surface area contributed by atoms with E-state index < -0.39 is 0 Å². The molecule has 4 nitrogen and oxygen atoms in total. The fourth-order valence-electron chi connectivity index (χ4n) is 2.92. The van der Waals surface area contributed by atoms with Crippen molar-refractivity contribution in [3.8, 4) is 0 Å². The monoisotopic (exact) mass is 286 g/mol. The third-order valence-electron chi connectivity index (χ3n) is 4.25. The summed E-state index contributed by atoms with van der Waals surface area (Å²) in [7, 11) is 0. The molecule has 0 spiro atoms. The van der Waals surface area contributed by atoms with Gasteiger partial charge in [0.1, 0.15) is 0 Å². The summed E-state index contributed by atoms with van der Waals surface area (Å²) >= 11 is 0. The molecule has 1 saturated carbocycles. The summed E-state index contributed by atoms with van der Waals surface area (Å²) < 4.78 is 0. The Morgan fingerprint density at radius 3 is 2.81 bits per heavy atom. The summed E-state index contributed by atoms with van der Waals surface area (Å²) in [5, 5.41) is 3.02. The number of carbonyl (C=O) groups excluding carboxylic acids is 2. The molecule has 1 N–H and O–H groups in total. The molecule has 1 aliphatic carbocycles. The Kier molecular flexibility index (Phi) is 3.95. The lowest BCUT2D eigenvalue weighted by Gasteiger charge is -2.17. The third-order valence-corrected chi connectivity index (χ3v) is 4.25. The lowest BCUT2D eigenvalue weighted by Crippen LogP contribution is -2.31. The zero-order chi connectivity index (χ0) is 14.8. The summed E-state index contributed by atoms with van der Waals surface area (Å²) in [5.41, 5.74) is 1.85. The number of benzene rings is 1. The highest BCUT2D eigenvalue weighted by Crippen LogP contribution is 2.23. The molecule has 1 heterocycles. The van der Waals surface area contributed by atoms with Gasteiger partial charge < -0.3 is 10.2 Å². The second-order valence-electron chi connectivity index (χ2n) is 6.32. The van der Waals surface area contributed by atoms with Gasteiger partial charge in [-0.1, -0.05) is 17.7 Å². The van der Waals surface area contributed by atoms with E-state index >= 15 is 0 Å². The summed E-state index contributed by atoms with van der Waals surface area (Å²) in [6, 6.07) is 8.12. The Bertz CT molecular complexity index is 551. The summed E-state index contributed by atoms with van der Waals surface area (Å²) in [6.07, 6.45) is 3.71. The Morgan fingerprint density at radius 2 is 2.10 bits per heavy atom. The quantitative estimate of drug-likeness (QED) is 0.921. The topological polar surface area (TPSA) is 49.4 Å². The van der Waals surface area contributed by atoms with E-state index in [9.17, 15) is 9.59 Å². The molecule has 1 aromatic carbocycles. The van der Waals surface area contributed by atoms with Crippen LogP contribution >= 0.6 is 0 Å². The van der Waals surface area contributed by atoms with Gasteiger partial charge in [0.25, 0.3) is 5.91 Å². The van der Waals surface area contributed by atoms with E-state index in [2.05, 4.69) is 5.32 Å². The van der Waals surface area contributed by atoms with Crippen molar-refractivity contribution in [3.05, 3.63) is 35.4 Å². The zero-order valence-electron chi connectivity index (χ0n) is 12.5. The molecule has 1 unspecified atom stereocenters. The first kappa shape index (κ1) is 14.1. The van der Waals surface area contributed by atoms with Crippen molar-refractivity contribution in [1.29, 1.82) is 0 Å². The van der Waals surface area contributed by atoms with Gasteiger partial charge in [0.2, 0.25) is 5.91 Å². The van der Waals surface area contributed by atoms with E-state index in [-0.39, 0.29) is 11.8 Å². The predicted octanol–water partition coefficient (Wildman–Crippen LogP) is 2.13. The fraction of sp³-hybridized carbons (Fsp3) is 0.529. The highest BCUT2D eigenvalue weighted by atomic mass is 16.2. The van der Waals surface area contributed by atoms with Gasteiger partial charge in [-0.15, -0.1) is 0 Å². The molecule has 0 radical (unpaired) electrons. The molecule has 2 fully saturated rings. The van der Waals surface area contributed by atoms with Gasteiger partial charge in [-0.3, -0.25) is 9.59 Å². The Labute approximate surface area is 125 Å². The van der Waals surface area contributed by atoms with Gasteiger partial charge in [0.05, 0.1) is 0 Å². The molecule has 21 heavy (non-hydrogen) atoms. The van der Waals surface area contributed by atoms with E-state index in [1.54, 1.807) is 0 Å². The van der Waals surface area contributed by atoms with Crippen LogP contribution in [0.2, 0.25) is 0 Å². The summed E-state index contributed by atoms with van der Waals surface area (Å²) in [4.78, 5) is 26.1. The average molecular weight is 286 g/mol. The number of aryl methyl sites for hydroxylation is 1. The lowest BCUT2D eigenvalue weighted by atomic mass is 10.0. The van der Waals surface area contributed by atoms with Crippen LogP contribution < -0.4 is 5.32 Å². The number of hydrogen-bond acceptors (Lipinski definition) is 2. The number of carbonyl (C=O) groups is 2. The fourth-order valence-corrected chi connectivity index (χ4v) is 2.92. The molecule has 4 heteroatoms. The molecule has 3 rings (SSSR count). The van der Waals surface area contributed by atoms with Crippen molar-refractivity contribution in [2.24, 2.45) is 5.92 Å². The Balaban J connectivity index is 1.53. The number of nitrogens with zero attached hydrogens (tertiary/aromatic N) is 1. The maximum atomic E-state index is 12.4. The molecule has 1 aromatic rings. The van der Waals surface area contributed by atoms with Gasteiger partial charge in [0.15, 0.2) is 0 Å². The van der Waals surface area contributed by atoms with Gasteiger partial charge in [-0.05, 0) is 44.2 Å². The van der Waals surface area contributed by atoms with Crippen molar-refractivity contribution >= 4 is 11.8 Å². The molecular weight excluding hydrogens is 264 g/mol. The van der Waals surface area contributed by atoms with Gasteiger partial charge in [-0.2, -0.15) is 0 Å². The zero-order valence-corrected chi connectivity index (χ0v) is 12.5. The van der Waals surface area contributed by atoms with E-state index in [4.69, 9.17) is 0 Å². The van der Waals surface area contributed by atoms with Crippen LogP contribution in [0.3, 0.4) is 0 Å². The van der Waals surface area contributed by atoms with Crippen molar-refractivity contribution in [1.82, 2.24) is 10.2 Å². The summed E-state index contributed by atoms with van der Waals surface area (Å²) in [6.45, 7) is 3.45. The highest BCUT2D eigenvalue weighted by Gasteiger charge is 2.30. The minimum atomic E-state index is 0.0869. The minimum Gasteiger partial charge on any atom is -0.353 e. The van der Waals surface area contributed by atoms with Crippen molar-refractivity contribution in [2.45, 2.75) is 38.6 Å². The molecule has 112 valence electrons. The van der Waals surface area contributed by atoms with Crippen LogP contribution in [-0.4, -0.2) is 35.8 Å². The highest BCUT2D eigenvalue weighted by molar-refractivity contribution is 5.94. The molecule has 2 amide bonds. The molecule has 0 bridgehead atoms. The van der Waals surface area contributed by atoms with Crippen LogP contribution in [0.5, 0.6) is 0 Å². The standard InChI is InChI=1S/C17H22N2O2/c1-12-3-2-4-14(9-12)17(21)19-8-7-13(11-19)10-16(20)18-15-5-6-15/h2-4,9,13,15H,5-8,10-11H2,1H3,(H,18,20). The number of hydrogen-bond donors (Lipinski definition) is 1. The van der Waals surface area contributed by atoms with Crippen LogP contribution in [0, 0.1) is 12.8 Å². The second kappa shape index (κ2) is 5.88. The molecule has 0 aromatic heterocycles. The first-order valence-corrected chi connectivity index (χ1v) is 7.77. The Hall–Kier alpha value is -1.84. The molecule has 1 saturated heterocycles. The smallest absolute Gasteiger partial charge is 0.253 e. The molecule has 2 aliphatic rings. The van der Waals surface area contributed by atoms with Crippen molar-refractivity contribution in [2.75, 3.05) is 13.1 Å². The van der Waals surface area contributed by atoms with Crippen LogP contribution in [0.25, 0.3) is 0 Å². The number of rotatable bonds is 4. The van der Waals surface area contributed by atoms with Crippen molar-refractivity contribution < 1.29 is 9.59 Å². The Morgan fingerprint density at radius 1 is 1.29 bits per heavy atom. The van der Waals surface area contributed by atoms with Crippen molar-refractivity contribution in [3.63, 3.8) is 0 Å². The van der Waals surface area contributed by atoms with E-state index in [1.165, 1.54) is 0 Å². The number of nitrogens with one attached hydrogen (secondary N) is 1. The van der Waals surface area contributed by atoms with E-state index in [1.807, 2.05) is 36.1 Å². The lowest BCUT2D eigenvalue weighted by molar-refractivity contribution is -0.122. The normalized spacial score (nSPS) is 21.4. The van der Waals surface area contributed by atoms with E-state index in [0.29, 0.717) is 24.9 Å². The first-order chi connectivity index (χ1) is 10.1. The average Bonchev–Trinajstić information content (AvgIpc) is 3.14. The van der Waals surface area contributed by atoms with Gasteiger partial charge >= 0.3 is 0 Å². The number of likely N-dealkylation sites (tertiary alicyclic amines) is 1. The second-order valence-corrected chi connectivity index (χ2v) is 6.32. The van der Waals surface area contributed by atoms with Gasteiger partial charge in [-0.25, -0.2) is 0 Å². The van der Waals surface area contributed by atoms with Crippen LogP contribution in [0.4, 0.5) is 0 Å².